The maximum Gasteiger partial charge on any atom is 0.256 e. The van der Waals surface area contributed by atoms with E-state index in [4.69, 9.17) is 4.74 Å². The number of ether oxygens (including phenoxy) is 1. The van der Waals surface area contributed by atoms with Crippen LogP contribution in [0.3, 0.4) is 0 Å². The van der Waals surface area contributed by atoms with Gasteiger partial charge in [0.1, 0.15) is 5.75 Å². The number of fused-ring (bicyclic) bond motifs is 1. The predicted molar refractivity (Wildman–Crippen MR) is 115 cm³/mol. The average molecular weight is 428 g/mol. The molecule has 0 radical (unpaired) electrons. The number of sulfonamides is 1. The van der Waals surface area contributed by atoms with Crippen molar-refractivity contribution in [2.24, 2.45) is 0 Å². The summed E-state index contributed by atoms with van der Waals surface area (Å²) in [4.78, 5) is 18.4. The highest BCUT2D eigenvalue weighted by atomic mass is 32.2. The van der Waals surface area contributed by atoms with Crippen LogP contribution in [0, 0.1) is 6.92 Å². The Bertz CT molecular complexity index is 1160. The number of hydrogen-bond donors (Lipinski definition) is 1. The fourth-order valence-corrected chi connectivity index (χ4v) is 5.29. The molecule has 0 spiro atoms. The monoisotopic (exact) mass is 427 g/mol. The van der Waals surface area contributed by atoms with Crippen LogP contribution in [-0.2, 0) is 10.0 Å². The van der Waals surface area contributed by atoms with Gasteiger partial charge < -0.3 is 14.6 Å². The van der Waals surface area contributed by atoms with Crippen LogP contribution in [0.15, 0.2) is 53.4 Å². The Kier molecular flexibility index (Phi) is 5.53. The summed E-state index contributed by atoms with van der Waals surface area (Å²) in [7, 11) is -3.61. The number of carbonyl (C=O) groups excluding carboxylic acids is 1. The second-order valence-electron chi connectivity index (χ2n) is 7.27. The third kappa shape index (κ3) is 3.68. The first-order valence-corrected chi connectivity index (χ1v) is 11.5. The number of rotatable bonds is 5. The summed E-state index contributed by atoms with van der Waals surface area (Å²) in [5, 5.41) is 0.893. The summed E-state index contributed by atoms with van der Waals surface area (Å²) in [6.07, 6.45) is 0. The van der Waals surface area contributed by atoms with Crippen molar-refractivity contribution in [1.29, 1.82) is 0 Å². The van der Waals surface area contributed by atoms with E-state index in [1.54, 1.807) is 29.2 Å². The molecular formula is C22H25N3O4S. The lowest BCUT2D eigenvalue weighted by Crippen LogP contribution is -2.50. The van der Waals surface area contributed by atoms with Crippen molar-refractivity contribution in [1.82, 2.24) is 14.2 Å². The van der Waals surface area contributed by atoms with Crippen molar-refractivity contribution >= 4 is 26.8 Å². The van der Waals surface area contributed by atoms with Gasteiger partial charge in [0.25, 0.3) is 5.91 Å². The Morgan fingerprint density at radius 2 is 1.70 bits per heavy atom. The summed E-state index contributed by atoms with van der Waals surface area (Å²) >= 11 is 0. The van der Waals surface area contributed by atoms with Crippen molar-refractivity contribution in [3.63, 3.8) is 0 Å². The minimum absolute atomic E-state index is 0.0666. The van der Waals surface area contributed by atoms with E-state index in [-0.39, 0.29) is 23.9 Å². The molecule has 7 nitrogen and oxygen atoms in total. The molecule has 1 N–H and O–H groups in total. The summed E-state index contributed by atoms with van der Waals surface area (Å²) in [6, 6.07) is 14.2. The quantitative estimate of drug-likeness (QED) is 0.679. The number of benzene rings is 2. The first kappa shape index (κ1) is 20.4. The molecule has 0 aliphatic carbocycles. The van der Waals surface area contributed by atoms with Gasteiger partial charge in [0.15, 0.2) is 0 Å². The lowest BCUT2D eigenvalue weighted by atomic mass is 10.1. The number of carbonyl (C=O) groups is 1. The van der Waals surface area contributed by atoms with Crippen molar-refractivity contribution in [3.8, 4) is 5.75 Å². The van der Waals surface area contributed by atoms with E-state index in [1.165, 1.54) is 4.31 Å². The standard InChI is InChI=1S/C22H25N3O4S/c1-3-29-17-8-10-18(11-9-17)30(27,28)25-14-12-24(13-15-25)22(26)21-16(2)23-20-7-5-4-6-19(20)21/h4-11,23H,3,12-15H2,1-2H3. The molecule has 4 rings (SSSR count). The van der Waals surface area contributed by atoms with Crippen LogP contribution in [0.25, 0.3) is 10.9 Å². The van der Waals surface area contributed by atoms with Crippen LogP contribution in [-0.4, -0.2) is 61.3 Å². The smallest absolute Gasteiger partial charge is 0.256 e. The van der Waals surface area contributed by atoms with E-state index in [9.17, 15) is 13.2 Å². The molecule has 0 unspecified atom stereocenters. The number of aryl methyl sites for hydroxylation is 1. The molecule has 2 aromatic carbocycles. The minimum Gasteiger partial charge on any atom is -0.494 e. The fourth-order valence-electron chi connectivity index (χ4n) is 3.87. The number of H-pyrrole nitrogens is 1. The first-order valence-electron chi connectivity index (χ1n) is 10.0. The molecule has 1 aliphatic rings. The lowest BCUT2D eigenvalue weighted by molar-refractivity contribution is 0.0699. The van der Waals surface area contributed by atoms with Crippen molar-refractivity contribution in [2.75, 3.05) is 32.8 Å². The van der Waals surface area contributed by atoms with E-state index in [0.29, 0.717) is 31.0 Å². The molecule has 2 heterocycles. The van der Waals surface area contributed by atoms with Gasteiger partial charge in [-0.25, -0.2) is 8.42 Å². The van der Waals surface area contributed by atoms with Gasteiger partial charge in [0.05, 0.1) is 17.1 Å². The molecule has 0 atom stereocenters. The molecule has 1 aromatic heterocycles. The minimum atomic E-state index is -3.61. The molecule has 8 heteroatoms. The average Bonchev–Trinajstić information content (AvgIpc) is 3.09. The van der Waals surface area contributed by atoms with Crippen molar-refractivity contribution in [3.05, 3.63) is 59.8 Å². The van der Waals surface area contributed by atoms with Crippen LogP contribution in [0.5, 0.6) is 5.75 Å². The van der Waals surface area contributed by atoms with Gasteiger partial charge in [-0.3, -0.25) is 4.79 Å². The largest absolute Gasteiger partial charge is 0.494 e. The molecule has 1 fully saturated rings. The van der Waals surface area contributed by atoms with Gasteiger partial charge in [-0.2, -0.15) is 4.31 Å². The van der Waals surface area contributed by atoms with Gasteiger partial charge in [0.2, 0.25) is 10.0 Å². The maximum absolute atomic E-state index is 13.1. The van der Waals surface area contributed by atoms with Gasteiger partial charge >= 0.3 is 0 Å². The Morgan fingerprint density at radius 1 is 1.03 bits per heavy atom. The zero-order chi connectivity index (χ0) is 21.3. The lowest BCUT2D eigenvalue weighted by Gasteiger charge is -2.34. The molecule has 1 amide bonds. The maximum atomic E-state index is 13.1. The van der Waals surface area contributed by atoms with Crippen LogP contribution < -0.4 is 4.74 Å². The van der Waals surface area contributed by atoms with E-state index < -0.39 is 10.0 Å². The van der Waals surface area contributed by atoms with Crippen LogP contribution in [0.2, 0.25) is 0 Å². The second-order valence-corrected chi connectivity index (χ2v) is 9.21. The first-order chi connectivity index (χ1) is 14.4. The molecule has 3 aromatic rings. The summed E-state index contributed by atoms with van der Waals surface area (Å²) in [6.45, 7) is 5.54. The van der Waals surface area contributed by atoms with Gasteiger partial charge in [-0.1, -0.05) is 18.2 Å². The SMILES string of the molecule is CCOc1ccc(S(=O)(=O)N2CCN(C(=O)c3c(C)[nH]c4ccccc34)CC2)cc1. The molecule has 158 valence electrons. The van der Waals surface area contributed by atoms with E-state index in [1.807, 2.05) is 38.1 Å². The number of aromatic nitrogens is 1. The number of hydrogen-bond acceptors (Lipinski definition) is 4. The summed E-state index contributed by atoms with van der Waals surface area (Å²) in [5.41, 5.74) is 2.41. The topological polar surface area (TPSA) is 82.7 Å². The molecule has 0 saturated carbocycles. The van der Waals surface area contributed by atoms with Gasteiger partial charge in [0, 0.05) is 42.8 Å². The van der Waals surface area contributed by atoms with E-state index >= 15 is 0 Å². The number of aromatic amines is 1. The Hall–Kier alpha value is -2.84. The van der Waals surface area contributed by atoms with Crippen LogP contribution in [0.4, 0.5) is 0 Å². The van der Waals surface area contributed by atoms with Gasteiger partial charge in [-0.05, 0) is 44.2 Å². The third-order valence-corrected chi connectivity index (χ3v) is 7.32. The number of piperazine rings is 1. The van der Waals surface area contributed by atoms with E-state index in [2.05, 4.69) is 4.98 Å². The second kappa shape index (κ2) is 8.12. The molecule has 1 aliphatic heterocycles. The zero-order valence-corrected chi connectivity index (χ0v) is 17.9. The van der Waals surface area contributed by atoms with Crippen LogP contribution >= 0.6 is 0 Å². The van der Waals surface area contributed by atoms with Crippen LogP contribution in [0.1, 0.15) is 23.0 Å². The molecular weight excluding hydrogens is 402 g/mol. The van der Waals surface area contributed by atoms with Crippen molar-refractivity contribution in [2.45, 2.75) is 18.7 Å². The molecule has 1 saturated heterocycles. The molecule has 0 bridgehead atoms. The van der Waals surface area contributed by atoms with Gasteiger partial charge in [-0.15, -0.1) is 0 Å². The third-order valence-electron chi connectivity index (χ3n) is 5.41. The Balaban J connectivity index is 1.48. The Labute approximate surface area is 176 Å². The highest BCUT2D eigenvalue weighted by Crippen LogP contribution is 2.25. The Morgan fingerprint density at radius 3 is 2.37 bits per heavy atom. The summed E-state index contributed by atoms with van der Waals surface area (Å²) in [5.74, 6) is 0.573. The number of amides is 1. The highest BCUT2D eigenvalue weighted by molar-refractivity contribution is 7.89. The number of nitrogens with zero attached hydrogens (tertiary/aromatic N) is 2. The fraction of sp³-hybridized carbons (Fsp3) is 0.318. The predicted octanol–water partition coefficient (Wildman–Crippen LogP) is 3.02. The highest BCUT2D eigenvalue weighted by Gasteiger charge is 2.31. The molecule has 30 heavy (non-hydrogen) atoms. The van der Waals surface area contributed by atoms with E-state index in [0.717, 1.165) is 16.6 Å². The summed E-state index contributed by atoms with van der Waals surface area (Å²) < 4.78 is 32.8. The normalized spacial score (nSPS) is 15.5. The zero-order valence-electron chi connectivity index (χ0n) is 17.1. The van der Waals surface area contributed by atoms with Crippen molar-refractivity contribution < 1.29 is 17.9 Å². The number of para-hydroxylation sites is 1. The number of nitrogens with one attached hydrogen (secondary N) is 1.